The largest absolute Gasteiger partial charge is 0.284 e. The standard InChI is InChI=1S/C11H15N3O/c1-11(2,3)14-10(15)8-7-12-6-5-9(8)13(14)4/h5-7H,1-4H3. The van der Waals surface area contributed by atoms with E-state index in [2.05, 4.69) is 4.98 Å². The summed E-state index contributed by atoms with van der Waals surface area (Å²) in [6.45, 7) is 6.04. The maximum absolute atomic E-state index is 12.1. The molecule has 0 aliphatic rings. The Bertz CT molecular complexity index is 557. The number of aryl methyl sites for hydroxylation is 1. The summed E-state index contributed by atoms with van der Waals surface area (Å²) in [5.74, 6) is 0. The summed E-state index contributed by atoms with van der Waals surface area (Å²) in [5.41, 5.74) is 0.725. The van der Waals surface area contributed by atoms with Gasteiger partial charge in [-0.25, -0.2) is 4.68 Å². The van der Waals surface area contributed by atoms with Crippen molar-refractivity contribution in [1.82, 2.24) is 14.3 Å². The highest BCUT2D eigenvalue weighted by atomic mass is 16.1. The van der Waals surface area contributed by atoms with Crippen LogP contribution in [0, 0.1) is 0 Å². The fraction of sp³-hybridized carbons (Fsp3) is 0.455. The molecule has 0 unspecified atom stereocenters. The summed E-state index contributed by atoms with van der Waals surface area (Å²) < 4.78 is 3.64. The number of aromatic nitrogens is 3. The van der Waals surface area contributed by atoms with Crippen LogP contribution < -0.4 is 5.56 Å². The smallest absolute Gasteiger partial charge is 0.276 e. The quantitative estimate of drug-likeness (QED) is 0.653. The summed E-state index contributed by atoms with van der Waals surface area (Å²) in [5, 5.41) is 0.676. The van der Waals surface area contributed by atoms with Gasteiger partial charge in [0, 0.05) is 19.4 Å². The van der Waals surface area contributed by atoms with E-state index >= 15 is 0 Å². The Morgan fingerprint density at radius 3 is 2.53 bits per heavy atom. The van der Waals surface area contributed by atoms with Crippen molar-refractivity contribution in [3.8, 4) is 0 Å². The van der Waals surface area contributed by atoms with Gasteiger partial charge in [0.05, 0.1) is 16.4 Å². The van der Waals surface area contributed by atoms with Crippen LogP contribution in [-0.4, -0.2) is 14.3 Å². The first-order chi connectivity index (χ1) is 6.93. The Morgan fingerprint density at radius 1 is 1.33 bits per heavy atom. The molecule has 0 N–H and O–H groups in total. The lowest BCUT2D eigenvalue weighted by Gasteiger charge is -2.22. The number of hydrogen-bond acceptors (Lipinski definition) is 2. The van der Waals surface area contributed by atoms with Crippen LogP contribution in [0.5, 0.6) is 0 Å². The molecule has 2 rings (SSSR count). The topological polar surface area (TPSA) is 39.8 Å². The van der Waals surface area contributed by atoms with Crippen LogP contribution in [0.25, 0.3) is 10.9 Å². The van der Waals surface area contributed by atoms with Crippen molar-refractivity contribution in [2.45, 2.75) is 26.3 Å². The normalized spacial score (nSPS) is 12.3. The zero-order valence-electron chi connectivity index (χ0n) is 9.48. The van der Waals surface area contributed by atoms with Gasteiger partial charge in [-0.1, -0.05) is 0 Å². The van der Waals surface area contributed by atoms with Crippen molar-refractivity contribution in [3.63, 3.8) is 0 Å². The monoisotopic (exact) mass is 205 g/mol. The molecule has 0 fully saturated rings. The van der Waals surface area contributed by atoms with Crippen LogP contribution in [0.2, 0.25) is 0 Å². The first-order valence-corrected chi connectivity index (χ1v) is 4.95. The Hall–Kier alpha value is -1.58. The third kappa shape index (κ3) is 1.37. The van der Waals surface area contributed by atoms with Crippen LogP contribution in [0.4, 0.5) is 0 Å². The number of pyridine rings is 1. The summed E-state index contributed by atoms with van der Waals surface area (Å²) in [7, 11) is 1.90. The first-order valence-electron chi connectivity index (χ1n) is 4.95. The van der Waals surface area contributed by atoms with Crippen molar-refractivity contribution in [1.29, 1.82) is 0 Å². The molecule has 2 heterocycles. The number of hydrogen-bond donors (Lipinski definition) is 0. The molecule has 80 valence electrons. The lowest BCUT2D eigenvalue weighted by atomic mass is 10.1. The van der Waals surface area contributed by atoms with Crippen LogP contribution in [0.3, 0.4) is 0 Å². The number of nitrogens with zero attached hydrogens (tertiary/aromatic N) is 3. The second kappa shape index (κ2) is 2.95. The Kier molecular flexibility index (Phi) is 1.96. The van der Waals surface area contributed by atoms with Gasteiger partial charge >= 0.3 is 0 Å². The van der Waals surface area contributed by atoms with E-state index in [1.54, 1.807) is 17.1 Å². The molecule has 4 heteroatoms. The summed E-state index contributed by atoms with van der Waals surface area (Å²) in [6.07, 6.45) is 3.33. The Morgan fingerprint density at radius 2 is 2.00 bits per heavy atom. The molecule has 0 spiro atoms. The molecule has 0 atom stereocenters. The Balaban J connectivity index is 2.94. The number of rotatable bonds is 0. The highest BCUT2D eigenvalue weighted by Crippen LogP contribution is 2.15. The first kappa shape index (κ1) is 9.96. The fourth-order valence-corrected chi connectivity index (χ4v) is 1.95. The minimum atomic E-state index is -0.217. The van der Waals surface area contributed by atoms with Gasteiger partial charge in [0.1, 0.15) is 0 Å². The van der Waals surface area contributed by atoms with Gasteiger partial charge in [-0.05, 0) is 26.8 Å². The molecule has 4 nitrogen and oxygen atoms in total. The minimum absolute atomic E-state index is 0.0214. The van der Waals surface area contributed by atoms with E-state index < -0.39 is 0 Å². The van der Waals surface area contributed by atoms with Crippen LogP contribution in [-0.2, 0) is 12.6 Å². The number of fused-ring (bicyclic) bond motifs is 1. The Labute approximate surface area is 88.1 Å². The predicted octanol–water partition coefficient (Wildman–Crippen LogP) is 1.49. The molecular formula is C11H15N3O. The lowest BCUT2D eigenvalue weighted by molar-refractivity contribution is 0.307. The van der Waals surface area contributed by atoms with Crippen molar-refractivity contribution < 1.29 is 0 Å². The van der Waals surface area contributed by atoms with Gasteiger partial charge in [-0.3, -0.25) is 14.5 Å². The molecule has 0 aliphatic carbocycles. The molecule has 0 aromatic carbocycles. The third-order valence-corrected chi connectivity index (χ3v) is 2.50. The van der Waals surface area contributed by atoms with Gasteiger partial charge in [0.15, 0.2) is 0 Å². The van der Waals surface area contributed by atoms with E-state index in [0.717, 1.165) is 5.52 Å². The maximum Gasteiger partial charge on any atom is 0.276 e. The average molecular weight is 205 g/mol. The molecular weight excluding hydrogens is 190 g/mol. The second-order valence-electron chi connectivity index (χ2n) is 4.70. The van der Waals surface area contributed by atoms with Crippen LogP contribution in [0.1, 0.15) is 20.8 Å². The lowest BCUT2D eigenvalue weighted by Crippen LogP contribution is -2.35. The molecule has 0 saturated heterocycles. The van der Waals surface area contributed by atoms with E-state index in [-0.39, 0.29) is 11.1 Å². The molecule has 15 heavy (non-hydrogen) atoms. The van der Waals surface area contributed by atoms with Crippen molar-refractivity contribution in [3.05, 3.63) is 28.8 Å². The SMILES string of the molecule is Cn1c2ccncc2c(=O)n1C(C)(C)C. The molecule has 0 bridgehead atoms. The highest BCUT2D eigenvalue weighted by molar-refractivity contribution is 5.77. The summed E-state index contributed by atoms with van der Waals surface area (Å²) in [4.78, 5) is 16.1. The van der Waals surface area contributed by atoms with Gasteiger partial charge in [-0.15, -0.1) is 0 Å². The average Bonchev–Trinajstić information content (AvgIpc) is 2.39. The van der Waals surface area contributed by atoms with Crippen LogP contribution in [0.15, 0.2) is 23.3 Å². The predicted molar refractivity (Wildman–Crippen MR) is 60.0 cm³/mol. The molecule has 0 saturated carbocycles. The zero-order valence-corrected chi connectivity index (χ0v) is 9.48. The van der Waals surface area contributed by atoms with E-state index in [1.165, 1.54) is 0 Å². The van der Waals surface area contributed by atoms with E-state index in [0.29, 0.717) is 5.39 Å². The van der Waals surface area contributed by atoms with Gasteiger partial charge < -0.3 is 0 Å². The highest BCUT2D eigenvalue weighted by Gasteiger charge is 2.20. The van der Waals surface area contributed by atoms with Crippen LogP contribution >= 0.6 is 0 Å². The molecule has 2 aromatic heterocycles. The fourth-order valence-electron chi connectivity index (χ4n) is 1.95. The third-order valence-electron chi connectivity index (χ3n) is 2.50. The zero-order chi connectivity index (χ0) is 11.2. The molecule has 0 aliphatic heterocycles. The van der Waals surface area contributed by atoms with E-state index in [1.807, 2.05) is 38.6 Å². The second-order valence-corrected chi connectivity index (χ2v) is 4.70. The van der Waals surface area contributed by atoms with Gasteiger partial charge in [0.25, 0.3) is 5.56 Å². The maximum atomic E-state index is 12.1. The van der Waals surface area contributed by atoms with E-state index in [4.69, 9.17) is 0 Å². The molecule has 0 amide bonds. The van der Waals surface area contributed by atoms with E-state index in [9.17, 15) is 4.79 Å². The summed E-state index contributed by atoms with van der Waals surface area (Å²) in [6, 6.07) is 1.86. The molecule has 0 radical (unpaired) electrons. The van der Waals surface area contributed by atoms with Crippen molar-refractivity contribution >= 4 is 10.9 Å². The van der Waals surface area contributed by atoms with Gasteiger partial charge in [0.2, 0.25) is 0 Å². The molecule has 2 aromatic rings. The van der Waals surface area contributed by atoms with Crippen molar-refractivity contribution in [2.24, 2.45) is 7.05 Å². The van der Waals surface area contributed by atoms with Gasteiger partial charge in [-0.2, -0.15) is 0 Å². The minimum Gasteiger partial charge on any atom is -0.284 e. The summed E-state index contributed by atoms with van der Waals surface area (Å²) >= 11 is 0. The van der Waals surface area contributed by atoms with Crippen molar-refractivity contribution in [2.75, 3.05) is 0 Å².